The van der Waals surface area contributed by atoms with Gasteiger partial charge in [-0.05, 0) is 48.7 Å². The van der Waals surface area contributed by atoms with Crippen LogP contribution in [0.25, 0.3) is 0 Å². The van der Waals surface area contributed by atoms with Crippen LogP contribution in [0.15, 0.2) is 59.8 Å². The second kappa shape index (κ2) is 9.49. The topological polar surface area (TPSA) is 84.7 Å². The molecule has 186 valence electrons. The Kier molecular flexibility index (Phi) is 6.59. The molecule has 10 heteroatoms. The van der Waals surface area contributed by atoms with Crippen LogP contribution in [-0.4, -0.2) is 48.2 Å². The largest absolute Gasteiger partial charge is 0.416 e. The first-order chi connectivity index (χ1) is 17.0. The maximum Gasteiger partial charge on any atom is 0.416 e. The van der Waals surface area contributed by atoms with Crippen molar-refractivity contribution in [3.63, 3.8) is 0 Å². The van der Waals surface area contributed by atoms with E-state index in [0.29, 0.717) is 29.7 Å². The molecule has 0 bridgehead atoms. The number of hydrogen-bond acceptors (Lipinski definition) is 4. The van der Waals surface area contributed by atoms with E-state index >= 15 is 0 Å². The van der Waals surface area contributed by atoms with E-state index in [1.165, 1.54) is 36.0 Å². The van der Waals surface area contributed by atoms with Crippen molar-refractivity contribution in [1.29, 1.82) is 5.26 Å². The van der Waals surface area contributed by atoms with Gasteiger partial charge in [-0.15, -0.1) is 0 Å². The number of halogens is 3. The van der Waals surface area contributed by atoms with Crippen molar-refractivity contribution >= 4 is 23.4 Å². The van der Waals surface area contributed by atoms with Gasteiger partial charge in [0.05, 0.1) is 28.9 Å². The average Bonchev–Trinajstić information content (AvgIpc) is 2.84. The first-order valence-corrected chi connectivity index (χ1v) is 11.3. The molecule has 0 saturated heterocycles. The number of hydrogen-bond donors (Lipinski definition) is 0. The molecular formula is C26H23F3N4O3. The summed E-state index contributed by atoms with van der Waals surface area (Å²) in [6.45, 7) is -0.393. The Morgan fingerprint density at radius 3 is 2.42 bits per heavy atom. The number of rotatable bonds is 4. The lowest BCUT2D eigenvalue weighted by Gasteiger charge is -2.45. The first-order valence-electron chi connectivity index (χ1n) is 11.3. The highest BCUT2D eigenvalue weighted by Crippen LogP contribution is 2.44. The van der Waals surface area contributed by atoms with Crippen molar-refractivity contribution in [1.82, 2.24) is 9.80 Å². The van der Waals surface area contributed by atoms with E-state index < -0.39 is 36.3 Å². The van der Waals surface area contributed by atoms with Gasteiger partial charge in [0.25, 0.3) is 0 Å². The van der Waals surface area contributed by atoms with Gasteiger partial charge in [-0.1, -0.05) is 18.2 Å². The van der Waals surface area contributed by atoms with E-state index in [9.17, 15) is 27.6 Å². The van der Waals surface area contributed by atoms with Crippen LogP contribution in [0.2, 0.25) is 0 Å². The molecule has 2 aliphatic rings. The van der Waals surface area contributed by atoms with Crippen molar-refractivity contribution in [3.8, 4) is 6.07 Å². The molecule has 7 nitrogen and oxygen atoms in total. The number of amides is 3. The van der Waals surface area contributed by atoms with Gasteiger partial charge in [0.1, 0.15) is 6.54 Å². The van der Waals surface area contributed by atoms with E-state index in [1.54, 1.807) is 24.3 Å². The number of likely N-dealkylation sites (N-methyl/N-ethyl adjacent to an activating group) is 1. The predicted molar refractivity (Wildman–Crippen MR) is 125 cm³/mol. The van der Waals surface area contributed by atoms with Crippen LogP contribution in [0.3, 0.4) is 0 Å². The van der Waals surface area contributed by atoms with Crippen LogP contribution >= 0.6 is 0 Å². The Morgan fingerprint density at radius 1 is 1.11 bits per heavy atom. The van der Waals surface area contributed by atoms with Gasteiger partial charge in [-0.2, -0.15) is 18.4 Å². The normalized spacial score (nSPS) is 18.2. The number of carbonyl (C=O) groups excluding carboxylic acids is 3. The smallest absolute Gasteiger partial charge is 0.347 e. The fraction of sp³-hybridized carbons (Fsp3) is 0.308. The van der Waals surface area contributed by atoms with Gasteiger partial charge in [0.15, 0.2) is 5.78 Å². The van der Waals surface area contributed by atoms with Crippen LogP contribution in [0.1, 0.15) is 42.0 Å². The van der Waals surface area contributed by atoms with E-state index in [4.69, 9.17) is 5.26 Å². The Bertz CT molecular complexity index is 1290. The zero-order chi connectivity index (χ0) is 26.2. The lowest BCUT2D eigenvalue weighted by atomic mass is 9.83. The molecule has 4 rings (SSSR count). The summed E-state index contributed by atoms with van der Waals surface area (Å²) in [7, 11) is 3.04. The molecule has 0 unspecified atom stereocenters. The highest BCUT2D eigenvalue weighted by atomic mass is 19.4. The third-order valence-corrected chi connectivity index (χ3v) is 6.31. The molecule has 3 amide bonds. The summed E-state index contributed by atoms with van der Waals surface area (Å²) in [6, 6.07) is 11.1. The Labute approximate surface area is 206 Å². The maximum absolute atomic E-state index is 13.9. The third kappa shape index (κ3) is 4.56. The van der Waals surface area contributed by atoms with Gasteiger partial charge >= 0.3 is 12.2 Å². The van der Waals surface area contributed by atoms with Crippen molar-refractivity contribution in [2.45, 2.75) is 31.5 Å². The number of benzene rings is 2. The zero-order valence-electron chi connectivity index (χ0n) is 19.7. The maximum atomic E-state index is 13.9. The van der Waals surface area contributed by atoms with Crippen LogP contribution in [0.4, 0.5) is 23.7 Å². The van der Waals surface area contributed by atoms with Crippen molar-refractivity contribution < 1.29 is 27.6 Å². The fourth-order valence-corrected chi connectivity index (χ4v) is 4.52. The van der Waals surface area contributed by atoms with Gasteiger partial charge in [0.2, 0.25) is 5.91 Å². The van der Waals surface area contributed by atoms with E-state index in [2.05, 4.69) is 0 Å². The number of nitriles is 1. The molecule has 0 aromatic heterocycles. The summed E-state index contributed by atoms with van der Waals surface area (Å²) in [5, 5.41) is 9.17. The highest BCUT2D eigenvalue weighted by molar-refractivity contribution is 6.07. The highest BCUT2D eigenvalue weighted by Gasteiger charge is 2.45. The minimum atomic E-state index is -4.62. The molecule has 36 heavy (non-hydrogen) atoms. The summed E-state index contributed by atoms with van der Waals surface area (Å²) < 4.78 is 40.4. The quantitative estimate of drug-likeness (QED) is 0.617. The molecule has 0 N–H and O–H groups in total. The standard InChI is InChI=1S/C26H23F3N4O3/c1-31(2)22(35)15-32-24(17-11-9-16(14-30)10-12-17)23-20(7-4-8-21(23)34)33(25(32)36)19-6-3-5-18(13-19)26(27,28)29/h3,5-6,9-13,24H,4,7-8,15H2,1-2H3/t24-/m1/s1. The van der Waals surface area contributed by atoms with Gasteiger partial charge in [-0.25, -0.2) is 4.79 Å². The van der Waals surface area contributed by atoms with E-state index in [0.717, 1.165) is 17.0 Å². The molecule has 0 saturated carbocycles. The molecule has 0 radical (unpaired) electrons. The SMILES string of the molecule is CN(C)C(=O)CN1C(=O)N(c2cccc(C(F)(F)F)c2)C2=C(C(=O)CCC2)[C@H]1c1ccc(C#N)cc1. The molecule has 2 aromatic carbocycles. The number of urea groups is 1. The first kappa shape index (κ1) is 25.0. The third-order valence-electron chi connectivity index (χ3n) is 6.31. The zero-order valence-corrected chi connectivity index (χ0v) is 19.7. The molecule has 1 heterocycles. The van der Waals surface area contributed by atoms with Crippen molar-refractivity contribution in [2.75, 3.05) is 25.5 Å². The Balaban J connectivity index is 1.94. The molecule has 1 atom stereocenters. The van der Waals surface area contributed by atoms with Crippen LogP contribution < -0.4 is 4.90 Å². The summed E-state index contributed by atoms with van der Waals surface area (Å²) in [5.41, 5.74) is 0.555. The predicted octanol–water partition coefficient (Wildman–Crippen LogP) is 4.66. The lowest BCUT2D eigenvalue weighted by molar-refractivity contribution is -0.137. The Hall–Kier alpha value is -4.13. The summed E-state index contributed by atoms with van der Waals surface area (Å²) in [6.07, 6.45) is -3.66. The van der Waals surface area contributed by atoms with E-state index in [-0.39, 0.29) is 23.5 Å². The molecule has 0 spiro atoms. The fourth-order valence-electron chi connectivity index (χ4n) is 4.52. The van der Waals surface area contributed by atoms with Crippen molar-refractivity contribution in [2.24, 2.45) is 0 Å². The number of nitrogens with zero attached hydrogens (tertiary/aromatic N) is 4. The number of carbonyl (C=O) groups is 3. The second-order valence-corrected chi connectivity index (χ2v) is 8.86. The Morgan fingerprint density at radius 2 is 1.81 bits per heavy atom. The van der Waals surface area contributed by atoms with Gasteiger partial charge in [-0.3, -0.25) is 14.5 Å². The van der Waals surface area contributed by atoms with Crippen LogP contribution in [0, 0.1) is 11.3 Å². The van der Waals surface area contributed by atoms with Gasteiger partial charge in [0, 0.05) is 31.8 Å². The summed E-state index contributed by atoms with van der Waals surface area (Å²) in [5.74, 6) is -0.657. The van der Waals surface area contributed by atoms with Gasteiger partial charge < -0.3 is 9.80 Å². The number of allylic oxidation sites excluding steroid dienone is 1. The molecule has 1 aliphatic carbocycles. The lowest BCUT2D eigenvalue weighted by Crippen LogP contribution is -2.54. The summed E-state index contributed by atoms with van der Waals surface area (Å²) >= 11 is 0. The number of alkyl halides is 3. The number of ketones is 1. The molecular weight excluding hydrogens is 473 g/mol. The molecule has 1 aliphatic heterocycles. The monoisotopic (exact) mass is 496 g/mol. The molecule has 0 fully saturated rings. The number of Topliss-reactive ketones (excluding diaryl/α,β-unsaturated/α-hetero) is 1. The average molecular weight is 496 g/mol. The van der Waals surface area contributed by atoms with Crippen LogP contribution in [-0.2, 0) is 15.8 Å². The summed E-state index contributed by atoms with van der Waals surface area (Å²) in [4.78, 5) is 43.5. The second-order valence-electron chi connectivity index (χ2n) is 8.86. The van der Waals surface area contributed by atoms with Crippen molar-refractivity contribution in [3.05, 3.63) is 76.5 Å². The minimum Gasteiger partial charge on any atom is -0.347 e. The molecule has 2 aromatic rings. The number of anilines is 1. The van der Waals surface area contributed by atoms with Crippen LogP contribution in [0.5, 0.6) is 0 Å². The minimum absolute atomic E-state index is 0.0300. The van der Waals surface area contributed by atoms with E-state index in [1.807, 2.05) is 6.07 Å².